The van der Waals surface area contributed by atoms with Crippen molar-refractivity contribution in [2.75, 3.05) is 12.4 Å². The molecule has 0 unspecified atom stereocenters. The highest BCUT2D eigenvalue weighted by Gasteiger charge is 2.32. The number of benzene rings is 1. The fraction of sp³-hybridized carbons (Fsp3) is 0.533. The second-order valence-electron chi connectivity index (χ2n) is 5.47. The number of nitrogens with one attached hydrogen (secondary N) is 2. The van der Waals surface area contributed by atoms with E-state index >= 15 is 0 Å². The number of anilines is 1. The van der Waals surface area contributed by atoms with Gasteiger partial charge in [-0.2, -0.15) is 0 Å². The third kappa shape index (κ3) is 4.11. The Labute approximate surface area is 130 Å². The van der Waals surface area contributed by atoms with E-state index in [0.717, 1.165) is 12.8 Å². The Morgan fingerprint density at radius 3 is 2.30 bits per heavy atom. The van der Waals surface area contributed by atoms with Gasteiger partial charge in [0.2, 0.25) is 5.91 Å². The topological polar surface area (TPSA) is 41.1 Å². The van der Waals surface area contributed by atoms with E-state index in [1.165, 1.54) is 19.3 Å². The van der Waals surface area contributed by atoms with Crippen LogP contribution in [0.3, 0.4) is 0 Å². The summed E-state index contributed by atoms with van der Waals surface area (Å²) in [6, 6.07) is 5.06. The number of amides is 1. The summed E-state index contributed by atoms with van der Waals surface area (Å²) in [5.41, 5.74) is 0.583. The third-order valence-electron chi connectivity index (χ3n) is 3.99. The third-order valence-corrected chi connectivity index (χ3v) is 4.42. The highest BCUT2D eigenvalue weighted by atomic mass is 35.5. The summed E-state index contributed by atoms with van der Waals surface area (Å²) in [6.45, 7) is 0. The minimum absolute atomic E-state index is 0.000386. The molecule has 1 fully saturated rings. The zero-order valence-corrected chi connectivity index (χ0v) is 13.2. The number of rotatable bonds is 4. The van der Waals surface area contributed by atoms with Crippen LogP contribution in [0.25, 0.3) is 0 Å². The molecule has 2 N–H and O–H groups in total. The second kappa shape index (κ2) is 6.79. The summed E-state index contributed by atoms with van der Waals surface area (Å²) in [6.07, 6.45) is 6.19. The van der Waals surface area contributed by atoms with Gasteiger partial charge in [-0.3, -0.25) is 4.79 Å². The number of carbonyl (C=O) groups is 1. The van der Waals surface area contributed by atoms with Crippen LogP contribution in [0.5, 0.6) is 0 Å². The van der Waals surface area contributed by atoms with Crippen molar-refractivity contribution in [3.05, 3.63) is 28.2 Å². The number of hydrogen-bond acceptors (Lipinski definition) is 2. The molecule has 1 saturated carbocycles. The van der Waals surface area contributed by atoms with Gasteiger partial charge in [0, 0.05) is 27.7 Å². The average molecular weight is 315 g/mol. The van der Waals surface area contributed by atoms with Gasteiger partial charge < -0.3 is 10.6 Å². The van der Waals surface area contributed by atoms with Crippen LogP contribution < -0.4 is 10.6 Å². The van der Waals surface area contributed by atoms with Crippen molar-refractivity contribution in [2.24, 2.45) is 0 Å². The minimum Gasteiger partial charge on any atom is -0.326 e. The molecule has 1 aliphatic rings. The van der Waals surface area contributed by atoms with Crippen LogP contribution >= 0.6 is 23.2 Å². The monoisotopic (exact) mass is 314 g/mol. The lowest BCUT2D eigenvalue weighted by atomic mass is 9.79. The molecule has 3 nitrogen and oxygen atoms in total. The first-order valence-electron chi connectivity index (χ1n) is 6.98. The molecule has 5 heteroatoms. The molecule has 0 radical (unpaired) electrons. The van der Waals surface area contributed by atoms with Crippen LogP contribution in [0.1, 0.15) is 38.5 Å². The lowest BCUT2D eigenvalue weighted by molar-refractivity contribution is -0.117. The first-order valence-corrected chi connectivity index (χ1v) is 7.73. The van der Waals surface area contributed by atoms with Crippen LogP contribution in [-0.4, -0.2) is 18.5 Å². The molecule has 0 saturated heterocycles. The maximum absolute atomic E-state index is 12.2. The molecule has 1 aromatic rings. The Morgan fingerprint density at radius 2 is 1.75 bits per heavy atom. The first-order chi connectivity index (χ1) is 9.53. The molecule has 2 rings (SSSR count). The van der Waals surface area contributed by atoms with Gasteiger partial charge in [-0.05, 0) is 38.1 Å². The van der Waals surface area contributed by atoms with Crippen LogP contribution in [-0.2, 0) is 4.79 Å². The van der Waals surface area contributed by atoms with Crippen molar-refractivity contribution in [1.29, 1.82) is 0 Å². The lowest BCUT2D eigenvalue weighted by Gasteiger charge is -2.36. The van der Waals surface area contributed by atoms with Gasteiger partial charge in [0.1, 0.15) is 0 Å². The Balaban J connectivity index is 2.00. The van der Waals surface area contributed by atoms with Crippen molar-refractivity contribution in [3.8, 4) is 0 Å². The number of halogens is 2. The lowest BCUT2D eigenvalue weighted by Crippen LogP contribution is -2.47. The van der Waals surface area contributed by atoms with Crippen LogP contribution in [0.2, 0.25) is 10.0 Å². The normalized spacial score (nSPS) is 17.8. The molecule has 0 atom stereocenters. The van der Waals surface area contributed by atoms with Crippen molar-refractivity contribution in [2.45, 2.75) is 44.1 Å². The smallest absolute Gasteiger partial charge is 0.226 e. The largest absolute Gasteiger partial charge is 0.326 e. The van der Waals surface area contributed by atoms with E-state index in [1.54, 1.807) is 18.2 Å². The summed E-state index contributed by atoms with van der Waals surface area (Å²) in [4.78, 5) is 12.2. The van der Waals surface area contributed by atoms with E-state index in [-0.39, 0.29) is 11.4 Å². The summed E-state index contributed by atoms with van der Waals surface area (Å²) in [5.74, 6) is -0.000386. The van der Waals surface area contributed by atoms with E-state index in [9.17, 15) is 4.79 Å². The van der Waals surface area contributed by atoms with Gasteiger partial charge in [-0.15, -0.1) is 0 Å². The maximum atomic E-state index is 12.2. The number of hydrogen-bond donors (Lipinski definition) is 2. The molecule has 110 valence electrons. The van der Waals surface area contributed by atoms with Crippen molar-refractivity contribution in [3.63, 3.8) is 0 Å². The molecule has 0 spiro atoms. The first kappa shape index (κ1) is 15.6. The molecule has 1 aromatic carbocycles. The fourth-order valence-corrected chi connectivity index (χ4v) is 3.41. The molecule has 0 bridgehead atoms. The molecule has 1 aliphatic carbocycles. The standard InChI is InChI=1S/C15H20Cl2N2O/c1-18-15(5-3-2-4-6-15)10-14(20)19-13-8-11(16)7-12(17)9-13/h7-9,18H,2-6,10H2,1H3,(H,19,20). The Bertz CT molecular complexity index is 465. The molecular weight excluding hydrogens is 295 g/mol. The van der Waals surface area contributed by atoms with E-state index in [1.807, 2.05) is 7.05 Å². The van der Waals surface area contributed by atoms with E-state index in [0.29, 0.717) is 22.2 Å². The zero-order chi connectivity index (χ0) is 14.6. The van der Waals surface area contributed by atoms with E-state index in [2.05, 4.69) is 10.6 Å². The number of carbonyl (C=O) groups excluding carboxylic acids is 1. The molecular formula is C15H20Cl2N2O. The van der Waals surface area contributed by atoms with Crippen LogP contribution in [0.15, 0.2) is 18.2 Å². The van der Waals surface area contributed by atoms with Crippen LogP contribution in [0, 0.1) is 0 Å². The molecule has 1 amide bonds. The minimum atomic E-state index is -0.0648. The van der Waals surface area contributed by atoms with Gasteiger partial charge in [-0.25, -0.2) is 0 Å². The summed E-state index contributed by atoms with van der Waals surface area (Å²) in [7, 11) is 1.94. The molecule has 0 heterocycles. The predicted molar refractivity (Wildman–Crippen MR) is 84.6 cm³/mol. The summed E-state index contributed by atoms with van der Waals surface area (Å²) < 4.78 is 0. The summed E-state index contributed by atoms with van der Waals surface area (Å²) >= 11 is 11.9. The SMILES string of the molecule is CNC1(CC(=O)Nc2cc(Cl)cc(Cl)c2)CCCCC1. The van der Waals surface area contributed by atoms with E-state index in [4.69, 9.17) is 23.2 Å². The fourth-order valence-electron chi connectivity index (χ4n) is 2.88. The van der Waals surface area contributed by atoms with Crippen molar-refractivity contribution >= 4 is 34.8 Å². The Hall–Kier alpha value is -0.770. The summed E-state index contributed by atoms with van der Waals surface area (Å²) in [5, 5.41) is 7.27. The predicted octanol–water partition coefficient (Wildman–Crippen LogP) is 4.24. The van der Waals surface area contributed by atoms with Crippen LogP contribution in [0.4, 0.5) is 5.69 Å². The maximum Gasteiger partial charge on any atom is 0.226 e. The average Bonchev–Trinajstić information content (AvgIpc) is 2.38. The van der Waals surface area contributed by atoms with Crippen molar-refractivity contribution < 1.29 is 4.79 Å². The zero-order valence-electron chi connectivity index (χ0n) is 11.6. The van der Waals surface area contributed by atoms with Gasteiger partial charge in [-0.1, -0.05) is 42.5 Å². The second-order valence-corrected chi connectivity index (χ2v) is 6.35. The van der Waals surface area contributed by atoms with Gasteiger partial charge in [0.15, 0.2) is 0 Å². The van der Waals surface area contributed by atoms with Crippen molar-refractivity contribution in [1.82, 2.24) is 5.32 Å². The molecule has 20 heavy (non-hydrogen) atoms. The van der Waals surface area contributed by atoms with Gasteiger partial charge in [0.25, 0.3) is 0 Å². The Kier molecular flexibility index (Phi) is 5.30. The van der Waals surface area contributed by atoms with Gasteiger partial charge >= 0.3 is 0 Å². The molecule has 0 aromatic heterocycles. The Morgan fingerprint density at radius 1 is 1.15 bits per heavy atom. The van der Waals surface area contributed by atoms with E-state index < -0.39 is 0 Å². The molecule has 0 aliphatic heterocycles. The quantitative estimate of drug-likeness (QED) is 0.872. The highest BCUT2D eigenvalue weighted by molar-refractivity contribution is 6.35. The highest BCUT2D eigenvalue weighted by Crippen LogP contribution is 2.31. The van der Waals surface area contributed by atoms with Gasteiger partial charge in [0.05, 0.1) is 0 Å².